The maximum absolute atomic E-state index is 5.89. The number of hydrogen-bond acceptors (Lipinski definition) is 5. The van der Waals surface area contributed by atoms with Gasteiger partial charge in [0.1, 0.15) is 5.02 Å². The number of para-hydroxylation sites is 1. The van der Waals surface area contributed by atoms with Crippen LogP contribution < -0.4 is 11.1 Å². The van der Waals surface area contributed by atoms with E-state index >= 15 is 0 Å². The third kappa shape index (κ3) is 2.13. The predicted molar refractivity (Wildman–Crippen MR) is 59.0 cm³/mol. The van der Waals surface area contributed by atoms with E-state index in [1.54, 1.807) is 0 Å². The Morgan fingerprint density at radius 3 is 2.60 bits per heavy atom. The number of nitrogens with zero attached hydrogens (tertiary/aromatic N) is 3. The molecule has 0 saturated heterocycles. The second kappa shape index (κ2) is 4.10. The van der Waals surface area contributed by atoms with Crippen LogP contribution in [0.3, 0.4) is 0 Å². The second-order valence-corrected chi connectivity index (χ2v) is 3.21. The van der Waals surface area contributed by atoms with Crippen molar-refractivity contribution in [1.29, 1.82) is 0 Å². The summed E-state index contributed by atoms with van der Waals surface area (Å²) >= 11 is 5.89. The van der Waals surface area contributed by atoms with Crippen LogP contribution in [-0.2, 0) is 0 Å². The molecule has 0 aliphatic carbocycles. The molecule has 3 N–H and O–H groups in total. The van der Waals surface area contributed by atoms with Crippen molar-refractivity contribution in [2.24, 2.45) is 0 Å². The SMILES string of the molecule is Nc1nnnc(Nc2ccccc2)c1Cl. The van der Waals surface area contributed by atoms with E-state index in [1.165, 1.54) is 0 Å². The monoisotopic (exact) mass is 221 g/mol. The second-order valence-electron chi connectivity index (χ2n) is 2.83. The minimum atomic E-state index is 0.157. The standard InChI is InChI=1S/C9H8ClN5/c10-7-8(11)13-15-14-9(7)12-6-4-2-1-3-5-6/h1-5H,(H3,11,12,13,14). The van der Waals surface area contributed by atoms with Gasteiger partial charge in [0, 0.05) is 5.69 Å². The number of anilines is 3. The van der Waals surface area contributed by atoms with Crippen molar-refractivity contribution < 1.29 is 0 Å². The molecule has 0 amide bonds. The molecular weight excluding hydrogens is 214 g/mol. The molecule has 0 radical (unpaired) electrons. The van der Waals surface area contributed by atoms with E-state index in [0.717, 1.165) is 5.69 Å². The molecule has 5 nitrogen and oxygen atoms in total. The molecule has 0 atom stereocenters. The Morgan fingerprint density at radius 2 is 1.87 bits per heavy atom. The van der Waals surface area contributed by atoms with E-state index in [1.807, 2.05) is 30.3 Å². The van der Waals surface area contributed by atoms with Gasteiger partial charge in [-0.1, -0.05) is 29.8 Å². The van der Waals surface area contributed by atoms with Gasteiger partial charge in [0.2, 0.25) is 0 Å². The number of rotatable bonds is 2. The molecule has 76 valence electrons. The highest BCUT2D eigenvalue weighted by Gasteiger charge is 2.07. The molecule has 1 aromatic heterocycles. The number of nitrogen functional groups attached to an aromatic ring is 1. The Morgan fingerprint density at radius 1 is 1.13 bits per heavy atom. The normalized spacial score (nSPS) is 9.93. The number of halogens is 1. The minimum absolute atomic E-state index is 0.157. The average Bonchev–Trinajstić information content (AvgIpc) is 2.26. The number of nitrogens with two attached hydrogens (primary N) is 1. The number of hydrogen-bond donors (Lipinski definition) is 2. The molecular formula is C9H8ClN5. The topological polar surface area (TPSA) is 76.7 Å². The molecule has 1 aromatic carbocycles. The lowest BCUT2D eigenvalue weighted by atomic mass is 10.3. The van der Waals surface area contributed by atoms with Gasteiger partial charge < -0.3 is 11.1 Å². The molecule has 0 fully saturated rings. The maximum Gasteiger partial charge on any atom is 0.177 e. The number of aromatic nitrogens is 3. The van der Waals surface area contributed by atoms with Gasteiger partial charge in [-0.05, 0) is 17.3 Å². The van der Waals surface area contributed by atoms with Crippen LogP contribution in [0.15, 0.2) is 30.3 Å². The first kappa shape index (κ1) is 9.67. The van der Waals surface area contributed by atoms with E-state index in [9.17, 15) is 0 Å². The van der Waals surface area contributed by atoms with Crippen LogP contribution in [0.5, 0.6) is 0 Å². The lowest BCUT2D eigenvalue weighted by Gasteiger charge is -2.06. The first-order valence-electron chi connectivity index (χ1n) is 4.24. The summed E-state index contributed by atoms with van der Waals surface area (Å²) in [5.41, 5.74) is 6.35. The van der Waals surface area contributed by atoms with E-state index in [0.29, 0.717) is 5.82 Å². The minimum Gasteiger partial charge on any atom is -0.381 e. The summed E-state index contributed by atoms with van der Waals surface area (Å²) in [4.78, 5) is 0. The van der Waals surface area contributed by atoms with E-state index in [-0.39, 0.29) is 10.8 Å². The van der Waals surface area contributed by atoms with Crippen molar-refractivity contribution in [2.45, 2.75) is 0 Å². The van der Waals surface area contributed by atoms with Gasteiger partial charge in [0.25, 0.3) is 0 Å². The van der Waals surface area contributed by atoms with Gasteiger partial charge in [-0.3, -0.25) is 0 Å². The highest BCUT2D eigenvalue weighted by molar-refractivity contribution is 6.35. The van der Waals surface area contributed by atoms with E-state index < -0.39 is 0 Å². The summed E-state index contributed by atoms with van der Waals surface area (Å²) in [7, 11) is 0. The molecule has 0 spiro atoms. The van der Waals surface area contributed by atoms with Gasteiger partial charge in [-0.2, -0.15) is 0 Å². The molecule has 0 aliphatic rings. The van der Waals surface area contributed by atoms with Gasteiger partial charge >= 0.3 is 0 Å². The van der Waals surface area contributed by atoms with Crippen LogP contribution in [-0.4, -0.2) is 15.4 Å². The largest absolute Gasteiger partial charge is 0.381 e. The lowest BCUT2D eigenvalue weighted by molar-refractivity contribution is 0.879. The van der Waals surface area contributed by atoms with Crippen molar-refractivity contribution in [3.8, 4) is 0 Å². The number of nitrogens with one attached hydrogen (secondary N) is 1. The van der Waals surface area contributed by atoms with Crippen LogP contribution in [0.25, 0.3) is 0 Å². The van der Waals surface area contributed by atoms with Crippen LogP contribution >= 0.6 is 11.6 Å². The zero-order chi connectivity index (χ0) is 10.7. The van der Waals surface area contributed by atoms with Gasteiger partial charge in [-0.25, -0.2) is 0 Å². The quantitative estimate of drug-likeness (QED) is 0.809. The molecule has 15 heavy (non-hydrogen) atoms. The Kier molecular flexibility index (Phi) is 2.64. The fourth-order valence-electron chi connectivity index (χ4n) is 1.06. The van der Waals surface area contributed by atoms with Crippen molar-refractivity contribution in [3.63, 3.8) is 0 Å². The van der Waals surface area contributed by atoms with Gasteiger partial charge in [-0.15, -0.1) is 10.2 Å². The number of benzene rings is 1. The van der Waals surface area contributed by atoms with Crippen molar-refractivity contribution >= 4 is 28.9 Å². The third-order valence-electron chi connectivity index (χ3n) is 1.77. The molecule has 1 heterocycles. The van der Waals surface area contributed by atoms with Gasteiger partial charge in [0.15, 0.2) is 11.6 Å². The Balaban J connectivity index is 2.29. The summed E-state index contributed by atoms with van der Waals surface area (Å²) in [6.45, 7) is 0. The fourth-order valence-corrected chi connectivity index (χ4v) is 1.19. The van der Waals surface area contributed by atoms with Crippen LogP contribution in [0.4, 0.5) is 17.3 Å². The van der Waals surface area contributed by atoms with Gasteiger partial charge in [0.05, 0.1) is 0 Å². The third-order valence-corrected chi connectivity index (χ3v) is 2.14. The highest BCUT2D eigenvalue weighted by atomic mass is 35.5. The Hall–Kier alpha value is -1.88. The summed E-state index contributed by atoms with van der Waals surface area (Å²) in [6.07, 6.45) is 0. The molecule has 2 aromatic rings. The molecule has 0 aliphatic heterocycles. The first-order chi connectivity index (χ1) is 7.27. The molecule has 0 bridgehead atoms. The molecule has 2 rings (SSSR count). The van der Waals surface area contributed by atoms with Crippen LogP contribution in [0, 0.1) is 0 Å². The summed E-state index contributed by atoms with van der Waals surface area (Å²) in [5.74, 6) is 0.556. The lowest BCUT2D eigenvalue weighted by Crippen LogP contribution is -2.02. The zero-order valence-electron chi connectivity index (χ0n) is 7.68. The van der Waals surface area contributed by atoms with E-state index in [2.05, 4.69) is 20.7 Å². The fraction of sp³-hybridized carbons (Fsp3) is 0. The zero-order valence-corrected chi connectivity index (χ0v) is 8.44. The van der Waals surface area contributed by atoms with Crippen molar-refractivity contribution in [1.82, 2.24) is 15.4 Å². The maximum atomic E-state index is 5.89. The van der Waals surface area contributed by atoms with Crippen molar-refractivity contribution in [2.75, 3.05) is 11.1 Å². The smallest absolute Gasteiger partial charge is 0.177 e. The Labute approximate surface area is 91.3 Å². The van der Waals surface area contributed by atoms with Crippen LogP contribution in [0.1, 0.15) is 0 Å². The summed E-state index contributed by atoms with van der Waals surface area (Å²) in [6, 6.07) is 9.48. The summed E-state index contributed by atoms with van der Waals surface area (Å²) < 4.78 is 0. The first-order valence-corrected chi connectivity index (χ1v) is 4.61. The molecule has 6 heteroatoms. The summed E-state index contributed by atoms with van der Waals surface area (Å²) in [5, 5.41) is 14.0. The highest BCUT2D eigenvalue weighted by Crippen LogP contribution is 2.25. The van der Waals surface area contributed by atoms with Crippen molar-refractivity contribution in [3.05, 3.63) is 35.4 Å². The average molecular weight is 222 g/mol. The Bertz CT molecular complexity index is 459. The molecule has 0 saturated carbocycles. The van der Waals surface area contributed by atoms with Crippen LogP contribution in [0.2, 0.25) is 5.02 Å². The molecule has 0 unspecified atom stereocenters. The van der Waals surface area contributed by atoms with E-state index in [4.69, 9.17) is 17.3 Å². The predicted octanol–water partition coefficient (Wildman–Crippen LogP) is 1.85.